The second-order valence-corrected chi connectivity index (χ2v) is 4.05. The molecular formula is C12H18O. The van der Waals surface area contributed by atoms with Crippen LogP contribution < -0.4 is 0 Å². The van der Waals surface area contributed by atoms with Crippen molar-refractivity contribution in [3.8, 4) is 0 Å². The monoisotopic (exact) mass is 178 g/mol. The van der Waals surface area contributed by atoms with E-state index in [1.807, 2.05) is 32.9 Å². The third-order valence-electron chi connectivity index (χ3n) is 2.38. The summed E-state index contributed by atoms with van der Waals surface area (Å²) in [6, 6.07) is 6.18. The summed E-state index contributed by atoms with van der Waals surface area (Å²) in [5, 5.41) is 9.87. The number of aliphatic hydroxyl groups is 1. The van der Waals surface area contributed by atoms with Crippen molar-refractivity contribution in [3.05, 3.63) is 34.9 Å². The number of rotatable bonds is 2. The third-order valence-corrected chi connectivity index (χ3v) is 2.38. The predicted molar refractivity (Wildman–Crippen MR) is 55.7 cm³/mol. The van der Waals surface area contributed by atoms with Crippen LogP contribution >= 0.6 is 0 Å². The zero-order valence-corrected chi connectivity index (χ0v) is 8.83. The van der Waals surface area contributed by atoms with Gasteiger partial charge in [-0.3, -0.25) is 0 Å². The van der Waals surface area contributed by atoms with E-state index in [1.54, 1.807) is 0 Å². The lowest BCUT2D eigenvalue weighted by Gasteiger charge is -2.17. The van der Waals surface area contributed by atoms with Crippen LogP contribution in [0, 0.1) is 19.8 Å². The van der Waals surface area contributed by atoms with E-state index in [1.165, 1.54) is 11.1 Å². The summed E-state index contributed by atoms with van der Waals surface area (Å²) in [4.78, 5) is 0. The summed E-state index contributed by atoms with van der Waals surface area (Å²) < 4.78 is 0. The first-order chi connectivity index (χ1) is 6.02. The Hall–Kier alpha value is -0.820. The molecule has 0 spiro atoms. The predicted octanol–water partition coefficient (Wildman–Crippen LogP) is 2.99. The minimum atomic E-state index is -0.333. The quantitative estimate of drug-likeness (QED) is 0.738. The van der Waals surface area contributed by atoms with Gasteiger partial charge in [0.15, 0.2) is 0 Å². The van der Waals surface area contributed by atoms with E-state index in [0.717, 1.165) is 5.56 Å². The highest BCUT2D eigenvalue weighted by Crippen LogP contribution is 2.24. The van der Waals surface area contributed by atoms with Crippen LogP contribution in [-0.4, -0.2) is 5.11 Å². The Labute approximate surface area is 80.4 Å². The van der Waals surface area contributed by atoms with Gasteiger partial charge in [0.05, 0.1) is 6.10 Å². The van der Waals surface area contributed by atoms with Crippen molar-refractivity contribution >= 4 is 0 Å². The van der Waals surface area contributed by atoms with Crippen molar-refractivity contribution in [1.82, 2.24) is 0 Å². The normalized spacial score (nSPS) is 13.4. The lowest BCUT2D eigenvalue weighted by Crippen LogP contribution is -2.07. The van der Waals surface area contributed by atoms with Crippen molar-refractivity contribution in [3.63, 3.8) is 0 Å². The van der Waals surface area contributed by atoms with Gasteiger partial charge in [-0.05, 0) is 30.9 Å². The van der Waals surface area contributed by atoms with E-state index in [2.05, 4.69) is 13.0 Å². The summed E-state index contributed by atoms with van der Waals surface area (Å²) in [6.07, 6.45) is -0.333. The molecule has 0 bridgehead atoms. The van der Waals surface area contributed by atoms with Crippen LogP contribution in [0.15, 0.2) is 18.2 Å². The van der Waals surface area contributed by atoms with E-state index in [0.29, 0.717) is 0 Å². The molecule has 1 heteroatoms. The van der Waals surface area contributed by atoms with Gasteiger partial charge in [0.2, 0.25) is 0 Å². The van der Waals surface area contributed by atoms with E-state index >= 15 is 0 Å². The van der Waals surface area contributed by atoms with Gasteiger partial charge in [0, 0.05) is 0 Å². The van der Waals surface area contributed by atoms with Crippen molar-refractivity contribution in [2.24, 2.45) is 5.92 Å². The van der Waals surface area contributed by atoms with Crippen molar-refractivity contribution in [2.75, 3.05) is 0 Å². The third kappa shape index (κ3) is 2.31. The van der Waals surface area contributed by atoms with E-state index in [-0.39, 0.29) is 12.0 Å². The Bertz CT molecular complexity index is 289. The van der Waals surface area contributed by atoms with E-state index in [9.17, 15) is 5.11 Å². The van der Waals surface area contributed by atoms with Crippen LogP contribution in [0.3, 0.4) is 0 Å². The van der Waals surface area contributed by atoms with Crippen molar-refractivity contribution < 1.29 is 5.11 Å². The molecule has 0 heterocycles. The highest BCUT2D eigenvalue weighted by molar-refractivity contribution is 5.32. The smallest absolute Gasteiger partial charge is 0.0815 e. The molecule has 0 aliphatic rings. The lowest BCUT2D eigenvalue weighted by atomic mass is 9.94. The van der Waals surface area contributed by atoms with Gasteiger partial charge in [-0.2, -0.15) is 0 Å². The summed E-state index contributed by atoms with van der Waals surface area (Å²) in [7, 11) is 0. The molecule has 0 radical (unpaired) electrons. The first kappa shape index (κ1) is 10.3. The number of hydrogen-bond donors (Lipinski definition) is 1. The molecule has 0 aliphatic carbocycles. The second-order valence-electron chi connectivity index (χ2n) is 4.05. The molecule has 1 rings (SSSR count). The fourth-order valence-corrected chi connectivity index (χ4v) is 1.52. The topological polar surface area (TPSA) is 20.2 Å². The Morgan fingerprint density at radius 3 is 2.23 bits per heavy atom. The summed E-state index contributed by atoms with van der Waals surface area (Å²) in [5.74, 6) is 0.279. The van der Waals surface area contributed by atoms with Crippen LogP contribution in [0.4, 0.5) is 0 Å². The Balaban J connectivity index is 3.01. The Kier molecular flexibility index (Phi) is 3.10. The SMILES string of the molecule is Cc1ccc(C(O)C(C)C)c(C)c1. The van der Waals surface area contributed by atoms with Gasteiger partial charge >= 0.3 is 0 Å². The molecule has 1 atom stereocenters. The van der Waals surface area contributed by atoms with Gasteiger partial charge in [-0.15, -0.1) is 0 Å². The molecule has 1 aromatic carbocycles. The first-order valence-electron chi connectivity index (χ1n) is 4.77. The highest BCUT2D eigenvalue weighted by atomic mass is 16.3. The molecule has 0 aliphatic heterocycles. The molecule has 1 unspecified atom stereocenters. The second kappa shape index (κ2) is 3.93. The minimum Gasteiger partial charge on any atom is -0.388 e. The molecule has 1 aromatic rings. The standard InChI is InChI=1S/C12H18O/c1-8(2)12(13)11-6-5-9(3)7-10(11)4/h5-8,12-13H,1-4H3. The molecule has 13 heavy (non-hydrogen) atoms. The van der Waals surface area contributed by atoms with Crippen LogP contribution in [0.2, 0.25) is 0 Å². The number of hydrogen-bond acceptors (Lipinski definition) is 1. The van der Waals surface area contributed by atoms with Gasteiger partial charge in [0.1, 0.15) is 0 Å². The fourth-order valence-electron chi connectivity index (χ4n) is 1.52. The maximum Gasteiger partial charge on any atom is 0.0815 e. The molecule has 1 nitrogen and oxygen atoms in total. The maximum absolute atomic E-state index is 9.87. The zero-order chi connectivity index (χ0) is 10.0. The van der Waals surface area contributed by atoms with Crippen molar-refractivity contribution in [1.29, 1.82) is 0 Å². The molecule has 0 amide bonds. The van der Waals surface area contributed by atoms with E-state index in [4.69, 9.17) is 0 Å². The number of aryl methyl sites for hydroxylation is 2. The average Bonchev–Trinajstić information content (AvgIpc) is 2.03. The molecule has 0 fully saturated rings. The minimum absolute atomic E-state index is 0.279. The molecule has 72 valence electrons. The summed E-state index contributed by atoms with van der Waals surface area (Å²) >= 11 is 0. The maximum atomic E-state index is 9.87. The van der Waals surface area contributed by atoms with Crippen LogP contribution in [-0.2, 0) is 0 Å². The Morgan fingerprint density at radius 1 is 1.15 bits per heavy atom. The lowest BCUT2D eigenvalue weighted by molar-refractivity contribution is 0.126. The summed E-state index contributed by atoms with van der Waals surface area (Å²) in [6.45, 7) is 8.18. The fraction of sp³-hybridized carbons (Fsp3) is 0.500. The Morgan fingerprint density at radius 2 is 1.77 bits per heavy atom. The van der Waals surface area contributed by atoms with Gasteiger partial charge in [0.25, 0.3) is 0 Å². The molecule has 0 saturated carbocycles. The number of aliphatic hydroxyl groups excluding tert-OH is 1. The van der Waals surface area contributed by atoms with E-state index < -0.39 is 0 Å². The molecule has 0 aromatic heterocycles. The van der Waals surface area contributed by atoms with Crippen LogP contribution in [0.5, 0.6) is 0 Å². The first-order valence-corrected chi connectivity index (χ1v) is 4.77. The molecular weight excluding hydrogens is 160 g/mol. The summed E-state index contributed by atoms with van der Waals surface area (Å²) in [5.41, 5.74) is 3.49. The molecule has 1 N–H and O–H groups in total. The molecule has 0 saturated heterocycles. The van der Waals surface area contributed by atoms with Gasteiger partial charge in [-0.1, -0.05) is 37.6 Å². The largest absolute Gasteiger partial charge is 0.388 e. The average molecular weight is 178 g/mol. The van der Waals surface area contributed by atoms with Gasteiger partial charge in [-0.25, -0.2) is 0 Å². The zero-order valence-electron chi connectivity index (χ0n) is 8.83. The number of benzene rings is 1. The van der Waals surface area contributed by atoms with Crippen molar-refractivity contribution in [2.45, 2.75) is 33.8 Å². The van der Waals surface area contributed by atoms with Crippen LogP contribution in [0.25, 0.3) is 0 Å². The van der Waals surface area contributed by atoms with Gasteiger partial charge < -0.3 is 5.11 Å². The van der Waals surface area contributed by atoms with Crippen LogP contribution in [0.1, 0.15) is 36.6 Å². The highest BCUT2D eigenvalue weighted by Gasteiger charge is 2.13.